The topological polar surface area (TPSA) is 76.7 Å². The molecule has 0 aromatic heterocycles. The van der Waals surface area contributed by atoms with Crippen LogP contribution >= 0.6 is 24.0 Å². The van der Waals surface area contributed by atoms with Gasteiger partial charge in [-0.05, 0) is 51.4 Å². The van der Waals surface area contributed by atoms with Crippen molar-refractivity contribution in [2.75, 3.05) is 26.8 Å². The van der Waals surface area contributed by atoms with E-state index in [9.17, 15) is 8.42 Å². The van der Waals surface area contributed by atoms with Crippen molar-refractivity contribution in [1.29, 1.82) is 0 Å². The molecule has 0 spiro atoms. The molecule has 2 N–H and O–H groups in total. The van der Waals surface area contributed by atoms with Gasteiger partial charge in [0.25, 0.3) is 0 Å². The Balaban J connectivity index is 0.00000312. The van der Waals surface area contributed by atoms with Gasteiger partial charge >= 0.3 is 0 Å². The summed E-state index contributed by atoms with van der Waals surface area (Å²) in [7, 11) is -1.94. The van der Waals surface area contributed by atoms with Crippen LogP contribution in [0.25, 0.3) is 0 Å². The second kappa shape index (κ2) is 10.5. The number of hydrogen-bond acceptors (Lipinski definition) is 5. The van der Waals surface area contributed by atoms with Gasteiger partial charge in [0.1, 0.15) is 17.3 Å². The fourth-order valence-corrected chi connectivity index (χ4v) is 3.88. The van der Waals surface area contributed by atoms with Crippen molar-refractivity contribution in [2.24, 2.45) is 0 Å². The van der Waals surface area contributed by atoms with Crippen molar-refractivity contribution in [3.8, 4) is 5.75 Å². The van der Waals surface area contributed by atoms with Gasteiger partial charge in [0, 0.05) is 24.2 Å². The predicted octanol–water partition coefficient (Wildman–Crippen LogP) is 2.60. The van der Waals surface area contributed by atoms with Gasteiger partial charge < -0.3 is 14.8 Å². The highest BCUT2D eigenvalue weighted by molar-refractivity contribution is 7.89. The van der Waals surface area contributed by atoms with Crippen molar-refractivity contribution in [1.82, 2.24) is 10.0 Å². The standard InChI is InChI=1S/C16H25ClN2O4S.ClH/c1-12(18-2)10-19-24(20,21)16-9-13(17)6-7-15(16)23-11-14-5-3-4-8-22-14;/h6-7,9,12,14,18-19H,3-5,8,10-11H2,1-2H3;1H. The third kappa shape index (κ3) is 6.92. The van der Waals surface area contributed by atoms with Crippen molar-refractivity contribution >= 4 is 34.0 Å². The highest BCUT2D eigenvalue weighted by Gasteiger charge is 2.22. The maximum atomic E-state index is 12.6. The summed E-state index contributed by atoms with van der Waals surface area (Å²) in [5.41, 5.74) is 0. The second-order valence-corrected chi connectivity index (χ2v) is 8.10. The van der Waals surface area contributed by atoms with Gasteiger partial charge in [-0.2, -0.15) is 0 Å². The molecule has 1 aromatic rings. The maximum Gasteiger partial charge on any atom is 0.244 e. The predicted molar refractivity (Wildman–Crippen MR) is 101 cm³/mol. The smallest absolute Gasteiger partial charge is 0.244 e. The Hall–Kier alpha value is -0.570. The number of halogens is 2. The fraction of sp³-hybridized carbons (Fsp3) is 0.625. The van der Waals surface area contributed by atoms with Gasteiger partial charge in [-0.25, -0.2) is 13.1 Å². The summed E-state index contributed by atoms with van der Waals surface area (Å²) in [4.78, 5) is 0.0501. The molecule has 1 aliphatic rings. The molecular formula is C16H26Cl2N2O4S. The van der Waals surface area contributed by atoms with E-state index in [4.69, 9.17) is 21.1 Å². The summed E-state index contributed by atoms with van der Waals surface area (Å²) < 4.78 is 39.1. The first-order valence-corrected chi connectivity index (χ1v) is 9.99. The molecule has 6 nitrogen and oxygen atoms in total. The van der Waals surface area contributed by atoms with Crippen LogP contribution < -0.4 is 14.8 Å². The lowest BCUT2D eigenvalue weighted by molar-refractivity contribution is -0.0116. The van der Waals surface area contributed by atoms with Crippen molar-refractivity contribution in [3.63, 3.8) is 0 Å². The molecule has 0 saturated carbocycles. The number of nitrogens with one attached hydrogen (secondary N) is 2. The van der Waals surface area contributed by atoms with Crippen molar-refractivity contribution < 1.29 is 17.9 Å². The Kier molecular flexibility index (Phi) is 9.48. The minimum absolute atomic E-state index is 0. The van der Waals surface area contributed by atoms with Crippen LogP contribution in [-0.2, 0) is 14.8 Å². The van der Waals surface area contributed by atoms with Crippen LogP contribution in [0.3, 0.4) is 0 Å². The van der Waals surface area contributed by atoms with E-state index >= 15 is 0 Å². The molecule has 2 unspecified atom stereocenters. The summed E-state index contributed by atoms with van der Waals surface area (Å²) in [5, 5.41) is 3.33. The zero-order chi connectivity index (χ0) is 17.6. The van der Waals surface area contributed by atoms with E-state index in [2.05, 4.69) is 10.0 Å². The van der Waals surface area contributed by atoms with Gasteiger partial charge in [-0.1, -0.05) is 11.6 Å². The largest absolute Gasteiger partial charge is 0.489 e. The Morgan fingerprint density at radius 2 is 2.16 bits per heavy atom. The lowest BCUT2D eigenvalue weighted by Gasteiger charge is -2.23. The van der Waals surface area contributed by atoms with E-state index in [0.29, 0.717) is 11.6 Å². The lowest BCUT2D eigenvalue weighted by atomic mass is 10.1. The number of likely N-dealkylation sites (N-methyl/N-ethyl adjacent to an activating group) is 1. The SMILES string of the molecule is CNC(C)CNS(=O)(=O)c1cc(Cl)ccc1OCC1CCCCO1.Cl. The first-order valence-electron chi connectivity index (χ1n) is 8.13. The minimum Gasteiger partial charge on any atom is -0.489 e. The van der Waals surface area contributed by atoms with Gasteiger partial charge in [0.05, 0.1) is 6.10 Å². The minimum atomic E-state index is -3.71. The monoisotopic (exact) mass is 412 g/mol. The van der Waals surface area contributed by atoms with Gasteiger partial charge in [0.15, 0.2) is 0 Å². The molecule has 2 atom stereocenters. The average Bonchev–Trinajstić information content (AvgIpc) is 2.59. The Labute approximate surface area is 161 Å². The fourth-order valence-electron chi connectivity index (χ4n) is 2.35. The average molecular weight is 413 g/mol. The second-order valence-electron chi connectivity index (χ2n) is 5.93. The summed E-state index contributed by atoms with van der Waals surface area (Å²) >= 11 is 5.98. The summed E-state index contributed by atoms with van der Waals surface area (Å²) in [6.45, 7) is 3.22. The number of ether oxygens (including phenoxy) is 2. The first kappa shape index (κ1) is 22.5. The van der Waals surface area contributed by atoms with Crippen LogP contribution in [-0.4, -0.2) is 47.4 Å². The van der Waals surface area contributed by atoms with Gasteiger partial charge in [0.2, 0.25) is 10.0 Å². The van der Waals surface area contributed by atoms with Gasteiger partial charge in [-0.3, -0.25) is 0 Å². The van der Waals surface area contributed by atoms with Crippen LogP contribution in [0.15, 0.2) is 23.1 Å². The molecule has 0 bridgehead atoms. The Bertz CT molecular complexity index is 637. The van der Waals surface area contributed by atoms with Crippen LogP contribution in [0.2, 0.25) is 5.02 Å². The van der Waals surface area contributed by atoms with E-state index in [1.165, 1.54) is 6.07 Å². The van der Waals surface area contributed by atoms with Crippen LogP contribution in [0, 0.1) is 0 Å². The molecule has 1 aliphatic heterocycles. The first-order chi connectivity index (χ1) is 11.4. The van der Waals surface area contributed by atoms with E-state index < -0.39 is 10.0 Å². The van der Waals surface area contributed by atoms with Gasteiger partial charge in [-0.15, -0.1) is 12.4 Å². The van der Waals surface area contributed by atoms with Crippen LogP contribution in [0.1, 0.15) is 26.2 Å². The van der Waals surface area contributed by atoms with E-state index in [1.54, 1.807) is 19.2 Å². The summed E-state index contributed by atoms with van der Waals surface area (Å²) in [6.07, 6.45) is 3.09. The third-order valence-electron chi connectivity index (χ3n) is 3.97. The van der Waals surface area contributed by atoms with E-state index in [-0.39, 0.29) is 41.7 Å². The molecule has 1 fully saturated rings. The molecular weight excluding hydrogens is 387 g/mol. The summed E-state index contributed by atoms with van der Waals surface area (Å²) in [6, 6.07) is 4.62. The maximum absolute atomic E-state index is 12.6. The molecule has 25 heavy (non-hydrogen) atoms. The molecule has 2 rings (SSSR count). The zero-order valence-electron chi connectivity index (χ0n) is 14.5. The normalized spacial score (nSPS) is 19.1. The molecule has 144 valence electrons. The molecule has 0 aliphatic carbocycles. The van der Waals surface area contributed by atoms with Crippen molar-refractivity contribution in [3.05, 3.63) is 23.2 Å². The Morgan fingerprint density at radius 3 is 2.80 bits per heavy atom. The highest BCUT2D eigenvalue weighted by Crippen LogP contribution is 2.28. The van der Waals surface area contributed by atoms with Crippen LogP contribution in [0.4, 0.5) is 0 Å². The lowest BCUT2D eigenvalue weighted by Crippen LogP contribution is -2.37. The number of benzene rings is 1. The number of rotatable bonds is 8. The number of hydrogen-bond donors (Lipinski definition) is 2. The quantitative estimate of drug-likeness (QED) is 0.685. The Morgan fingerprint density at radius 1 is 1.40 bits per heavy atom. The highest BCUT2D eigenvalue weighted by atomic mass is 35.5. The van der Waals surface area contributed by atoms with Crippen molar-refractivity contribution in [2.45, 2.75) is 43.2 Å². The number of sulfonamides is 1. The molecule has 9 heteroatoms. The van der Waals surface area contributed by atoms with E-state index in [0.717, 1.165) is 25.9 Å². The molecule has 0 radical (unpaired) electrons. The molecule has 1 saturated heterocycles. The van der Waals surface area contributed by atoms with Crippen LogP contribution in [0.5, 0.6) is 5.75 Å². The molecule has 1 heterocycles. The zero-order valence-corrected chi connectivity index (χ0v) is 16.8. The van der Waals surface area contributed by atoms with E-state index in [1.807, 2.05) is 6.92 Å². The summed E-state index contributed by atoms with van der Waals surface area (Å²) in [5.74, 6) is 0.290. The molecule has 0 amide bonds. The third-order valence-corrected chi connectivity index (χ3v) is 5.65. The molecule has 1 aromatic carbocycles.